The molecule has 5 heteroatoms. The smallest absolute Gasteiger partial charge is 0.273 e. The minimum absolute atomic E-state index is 0.150. The van der Waals surface area contributed by atoms with Gasteiger partial charge in [-0.1, -0.05) is 18.2 Å². The van der Waals surface area contributed by atoms with Crippen molar-refractivity contribution >= 4 is 21.6 Å². The maximum absolute atomic E-state index is 12.0. The Hall–Kier alpha value is -1.62. The van der Waals surface area contributed by atoms with Crippen molar-refractivity contribution in [1.29, 1.82) is 0 Å². The molecule has 0 saturated heterocycles. The molecule has 2 aromatic rings. The zero-order valence-electron chi connectivity index (χ0n) is 9.59. The largest absolute Gasteiger partial charge is 0.375 e. The van der Waals surface area contributed by atoms with E-state index in [1.165, 1.54) is 4.68 Å². The zero-order chi connectivity index (χ0) is 12.4. The first-order valence-corrected chi connectivity index (χ1v) is 5.91. The maximum atomic E-state index is 12.0. The van der Waals surface area contributed by atoms with Crippen molar-refractivity contribution in [3.05, 3.63) is 51.4 Å². The molecule has 0 N–H and O–H groups in total. The molecule has 0 aliphatic carbocycles. The summed E-state index contributed by atoms with van der Waals surface area (Å²) in [4.78, 5) is 13.8. The van der Waals surface area contributed by atoms with Crippen LogP contribution in [-0.2, 0) is 0 Å². The van der Waals surface area contributed by atoms with Crippen molar-refractivity contribution in [1.82, 2.24) is 9.78 Å². The second kappa shape index (κ2) is 4.71. The molecule has 2 rings (SSSR count). The molecule has 0 spiro atoms. The Morgan fingerprint density at radius 1 is 1.24 bits per heavy atom. The monoisotopic (exact) mass is 293 g/mol. The van der Waals surface area contributed by atoms with Crippen molar-refractivity contribution in [2.45, 2.75) is 0 Å². The third kappa shape index (κ3) is 2.39. The van der Waals surface area contributed by atoms with Gasteiger partial charge in [-0.2, -0.15) is 9.78 Å². The lowest BCUT2D eigenvalue weighted by Crippen LogP contribution is -2.23. The predicted octanol–water partition coefficient (Wildman–Crippen LogP) is 2.06. The van der Waals surface area contributed by atoms with Crippen molar-refractivity contribution in [2.75, 3.05) is 19.0 Å². The first-order chi connectivity index (χ1) is 8.09. The molecule has 0 unspecified atom stereocenters. The number of hydrogen-bond acceptors (Lipinski definition) is 3. The van der Waals surface area contributed by atoms with Gasteiger partial charge in [0.05, 0.1) is 11.4 Å². The van der Waals surface area contributed by atoms with Crippen molar-refractivity contribution in [2.24, 2.45) is 0 Å². The third-order valence-corrected chi connectivity index (χ3v) is 2.92. The fraction of sp³-hybridized carbons (Fsp3) is 0.167. The Balaban J connectivity index is 2.59. The zero-order valence-corrected chi connectivity index (χ0v) is 11.2. The lowest BCUT2D eigenvalue weighted by atomic mass is 10.3. The van der Waals surface area contributed by atoms with Crippen LogP contribution in [0.3, 0.4) is 0 Å². The highest BCUT2D eigenvalue weighted by atomic mass is 79.9. The predicted molar refractivity (Wildman–Crippen MR) is 71.9 cm³/mol. The Kier molecular flexibility index (Phi) is 3.28. The average molecular weight is 294 g/mol. The fourth-order valence-electron chi connectivity index (χ4n) is 1.49. The Morgan fingerprint density at radius 3 is 2.47 bits per heavy atom. The first-order valence-electron chi connectivity index (χ1n) is 5.12. The van der Waals surface area contributed by atoms with Crippen LogP contribution in [0.5, 0.6) is 0 Å². The SMILES string of the molecule is CN(C)c1cc(=O)n(-c2ccccc2)nc1Br. The van der Waals surface area contributed by atoms with E-state index >= 15 is 0 Å². The van der Waals surface area contributed by atoms with Gasteiger partial charge in [0, 0.05) is 20.2 Å². The highest BCUT2D eigenvalue weighted by Gasteiger charge is 2.08. The van der Waals surface area contributed by atoms with Gasteiger partial charge < -0.3 is 4.90 Å². The molecule has 0 aliphatic heterocycles. The summed E-state index contributed by atoms with van der Waals surface area (Å²) in [5, 5.41) is 4.24. The molecule has 0 amide bonds. The van der Waals surface area contributed by atoms with E-state index in [2.05, 4.69) is 21.0 Å². The van der Waals surface area contributed by atoms with E-state index < -0.39 is 0 Å². The minimum Gasteiger partial charge on any atom is -0.375 e. The van der Waals surface area contributed by atoms with Crippen LogP contribution < -0.4 is 10.5 Å². The molecule has 0 bridgehead atoms. The quantitative estimate of drug-likeness (QED) is 0.851. The second-order valence-corrected chi connectivity index (χ2v) is 4.55. The molecule has 88 valence electrons. The van der Waals surface area contributed by atoms with Crippen molar-refractivity contribution < 1.29 is 0 Å². The van der Waals surface area contributed by atoms with Crippen molar-refractivity contribution in [3.8, 4) is 5.69 Å². The van der Waals surface area contributed by atoms with E-state index in [1.807, 2.05) is 49.3 Å². The van der Waals surface area contributed by atoms with E-state index in [9.17, 15) is 4.79 Å². The summed E-state index contributed by atoms with van der Waals surface area (Å²) >= 11 is 3.37. The van der Waals surface area contributed by atoms with Crippen LogP contribution in [0, 0.1) is 0 Å². The fourth-order valence-corrected chi connectivity index (χ4v) is 2.12. The van der Waals surface area contributed by atoms with E-state index in [0.29, 0.717) is 4.60 Å². The molecular weight excluding hydrogens is 282 g/mol. The first kappa shape index (κ1) is 11.9. The summed E-state index contributed by atoms with van der Waals surface area (Å²) in [5.41, 5.74) is 1.37. The van der Waals surface area contributed by atoms with Crippen LogP contribution in [-0.4, -0.2) is 23.9 Å². The Bertz CT molecular complexity index is 578. The highest BCUT2D eigenvalue weighted by Crippen LogP contribution is 2.20. The topological polar surface area (TPSA) is 38.1 Å². The van der Waals surface area contributed by atoms with Crippen LogP contribution in [0.15, 0.2) is 45.8 Å². The lowest BCUT2D eigenvalue weighted by Gasteiger charge is -2.14. The third-order valence-electron chi connectivity index (χ3n) is 2.35. The number of halogens is 1. The van der Waals surface area contributed by atoms with Gasteiger partial charge in [-0.05, 0) is 28.1 Å². The standard InChI is InChI=1S/C12H12BrN3O/c1-15(2)10-8-11(17)16(14-12(10)13)9-6-4-3-5-7-9/h3-8H,1-2H3. The number of aromatic nitrogens is 2. The number of benzene rings is 1. The summed E-state index contributed by atoms with van der Waals surface area (Å²) in [6, 6.07) is 10.9. The molecule has 1 heterocycles. The van der Waals surface area contributed by atoms with E-state index in [-0.39, 0.29) is 5.56 Å². The lowest BCUT2D eigenvalue weighted by molar-refractivity contribution is 0.789. The Labute approximate surface area is 108 Å². The number of nitrogens with zero attached hydrogens (tertiary/aromatic N) is 3. The van der Waals surface area contributed by atoms with Gasteiger partial charge in [0.1, 0.15) is 0 Å². The molecule has 17 heavy (non-hydrogen) atoms. The van der Waals surface area contributed by atoms with Gasteiger partial charge in [0.2, 0.25) is 0 Å². The Morgan fingerprint density at radius 2 is 1.88 bits per heavy atom. The molecule has 0 saturated carbocycles. The van der Waals surface area contributed by atoms with Gasteiger partial charge in [-0.3, -0.25) is 4.79 Å². The van der Waals surface area contributed by atoms with Gasteiger partial charge in [-0.15, -0.1) is 0 Å². The average Bonchev–Trinajstić information content (AvgIpc) is 2.32. The van der Waals surface area contributed by atoms with Crippen LogP contribution in [0.1, 0.15) is 0 Å². The van der Waals surface area contributed by atoms with Crippen molar-refractivity contribution in [3.63, 3.8) is 0 Å². The number of hydrogen-bond donors (Lipinski definition) is 0. The molecule has 1 aromatic carbocycles. The van der Waals surface area contributed by atoms with Crippen LogP contribution in [0.4, 0.5) is 5.69 Å². The minimum atomic E-state index is -0.150. The van der Waals surface area contributed by atoms with E-state index in [0.717, 1.165) is 11.4 Å². The highest BCUT2D eigenvalue weighted by molar-refractivity contribution is 9.10. The van der Waals surface area contributed by atoms with Gasteiger partial charge in [-0.25, -0.2) is 0 Å². The summed E-state index contributed by atoms with van der Waals surface area (Å²) in [5.74, 6) is 0. The van der Waals surface area contributed by atoms with Crippen LogP contribution in [0.25, 0.3) is 5.69 Å². The molecule has 4 nitrogen and oxygen atoms in total. The maximum Gasteiger partial charge on any atom is 0.273 e. The van der Waals surface area contributed by atoms with Gasteiger partial charge >= 0.3 is 0 Å². The van der Waals surface area contributed by atoms with Crippen LogP contribution in [0.2, 0.25) is 0 Å². The van der Waals surface area contributed by atoms with Gasteiger partial charge in [0.15, 0.2) is 4.60 Å². The molecule has 0 atom stereocenters. The van der Waals surface area contributed by atoms with E-state index in [4.69, 9.17) is 0 Å². The van der Waals surface area contributed by atoms with Crippen LogP contribution >= 0.6 is 15.9 Å². The summed E-state index contributed by atoms with van der Waals surface area (Å²) in [6.45, 7) is 0. The molecular formula is C12H12BrN3O. The summed E-state index contributed by atoms with van der Waals surface area (Å²) < 4.78 is 2.02. The molecule has 0 fully saturated rings. The molecule has 0 aliphatic rings. The molecule has 0 radical (unpaired) electrons. The number of para-hydroxylation sites is 1. The van der Waals surface area contributed by atoms with Gasteiger partial charge in [0.25, 0.3) is 5.56 Å². The molecule has 1 aromatic heterocycles. The summed E-state index contributed by atoms with van der Waals surface area (Å²) in [6.07, 6.45) is 0. The number of anilines is 1. The normalized spacial score (nSPS) is 10.3. The number of rotatable bonds is 2. The second-order valence-electron chi connectivity index (χ2n) is 3.80. The summed E-state index contributed by atoms with van der Waals surface area (Å²) in [7, 11) is 3.74. The van der Waals surface area contributed by atoms with E-state index in [1.54, 1.807) is 6.07 Å².